The van der Waals surface area contributed by atoms with Gasteiger partial charge in [0.15, 0.2) is 0 Å². The summed E-state index contributed by atoms with van der Waals surface area (Å²) in [6.45, 7) is 28.5. The van der Waals surface area contributed by atoms with Gasteiger partial charge in [0.05, 0.1) is 0 Å². The van der Waals surface area contributed by atoms with E-state index in [1.807, 2.05) is 0 Å². The van der Waals surface area contributed by atoms with Gasteiger partial charge < -0.3 is 71.0 Å². The Bertz CT molecular complexity index is 103. The molecule has 0 aromatic heterocycles. The van der Waals surface area contributed by atoms with E-state index in [0.717, 1.165) is 0 Å². The van der Waals surface area contributed by atoms with Crippen molar-refractivity contribution < 1.29 is 174 Å². The van der Waals surface area contributed by atoms with Crippen molar-refractivity contribution in [2.45, 2.75) is 0 Å². The van der Waals surface area contributed by atoms with Crippen LogP contribution in [0, 0.1) is 71.0 Å². The smallest absolute Gasteiger partial charge is 0.512 e. The standard InChI is InChI=1S/6CN.3K.Ru/c6*1-2;;;;/q6*-1;3*+1;+3. The number of hydrogen-bond donors (Lipinski definition) is 0. The second-order valence-electron chi connectivity index (χ2n) is 0. The first-order valence-corrected chi connectivity index (χ1v) is 1.34. The minimum Gasteiger partial charge on any atom is -0.512 e. The van der Waals surface area contributed by atoms with E-state index in [1.54, 1.807) is 0 Å². The molecule has 0 spiro atoms. The molecule has 10 heteroatoms. The largest absolute Gasteiger partial charge is 3.00 e. The van der Waals surface area contributed by atoms with Gasteiger partial charge >= 0.3 is 174 Å². The van der Waals surface area contributed by atoms with Gasteiger partial charge in [-0.25, -0.2) is 0 Å². The predicted octanol–water partition coefficient (Wildman–Crippen LogP) is -8.41. The normalized spacial score (nSPS) is 0.750. The van der Waals surface area contributed by atoms with Crippen LogP contribution >= 0.6 is 0 Å². The third-order valence-corrected chi connectivity index (χ3v) is 0. The van der Waals surface area contributed by atoms with Crippen molar-refractivity contribution in [1.82, 2.24) is 0 Å². The molecular weight excluding hydrogens is 374 g/mol. The van der Waals surface area contributed by atoms with Crippen LogP contribution in [0.15, 0.2) is 0 Å². The zero-order valence-corrected chi connectivity index (χ0v) is 20.1. The monoisotopic (exact) mass is 375 g/mol. The summed E-state index contributed by atoms with van der Waals surface area (Å²) in [6.07, 6.45) is 0. The molecule has 0 atom stereocenters. The molecule has 16 heavy (non-hydrogen) atoms. The van der Waals surface area contributed by atoms with Gasteiger partial charge in [0.1, 0.15) is 0 Å². The zero-order valence-electron chi connectivity index (χ0n) is 9.04. The van der Waals surface area contributed by atoms with Crippen molar-refractivity contribution in [1.29, 1.82) is 31.6 Å². The van der Waals surface area contributed by atoms with Crippen molar-refractivity contribution in [3.8, 4) is 0 Å². The molecule has 0 aliphatic heterocycles. The SMILES string of the molecule is [C-]#N.[C-]#N.[C-]#N.[C-]#N.[C-]#N.[C-]#N.[K+].[K+].[K+].[Ru+3]. The van der Waals surface area contributed by atoms with Crippen LogP contribution in [0.25, 0.3) is 0 Å². The fourth-order valence-electron chi connectivity index (χ4n) is 0. The van der Waals surface area contributed by atoms with Crippen LogP contribution in [0.3, 0.4) is 0 Å². The fraction of sp³-hybridized carbons (Fsp3) is 0. The number of hydrogen-bond acceptors (Lipinski definition) is 6. The summed E-state index contributed by atoms with van der Waals surface area (Å²) in [5.74, 6) is 0. The molecule has 65 valence electrons. The van der Waals surface area contributed by atoms with Crippen molar-refractivity contribution in [3.63, 3.8) is 0 Å². The van der Waals surface area contributed by atoms with Crippen LogP contribution < -0.4 is 154 Å². The fourth-order valence-corrected chi connectivity index (χ4v) is 0. The summed E-state index contributed by atoms with van der Waals surface area (Å²) >= 11 is 0. The van der Waals surface area contributed by atoms with Gasteiger partial charge in [0.2, 0.25) is 0 Å². The van der Waals surface area contributed by atoms with Crippen molar-refractivity contribution >= 4 is 0 Å². The first-order valence-electron chi connectivity index (χ1n) is 1.34. The van der Waals surface area contributed by atoms with Crippen molar-refractivity contribution in [2.75, 3.05) is 0 Å². The molecule has 6 nitrogen and oxygen atoms in total. The van der Waals surface area contributed by atoms with Crippen molar-refractivity contribution in [2.24, 2.45) is 0 Å². The van der Waals surface area contributed by atoms with Gasteiger partial charge in [-0.3, -0.25) is 0 Å². The molecule has 1 radical (unpaired) electrons. The molecule has 0 saturated heterocycles. The molecule has 0 aromatic carbocycles. The molecule has 0 aliphatic rings. The van der Waals surface area contributed by atoms with Crippen LogP contribution in [-0.2, 0) is 19.5 Å². The molecular formula is C6K3N6Ru. The molecule has 0 fully saturated rings. The molecule has 0 N–H and O–H groups in total. The molecule has 0 rings (SSSR count). The van der Waals surface area contributed by atoms with Crippen molar-refractivity contribution in [3.05, 3.63) is 39.4 Å². The van der Waals surface area contributed by atoms with Crippen LogP contribution in [0.2, 0.25) is 0 Å². The Morgan fingerprint density at radius 2 is 0.312 bits per heavy atom. The van der Waals surface area contributed by atoms with Crippen LogP contribution in [0.4, 0.5) is 0 Å². The predicted molar refractivity (Wildman–Crippen MR) is 29.8 cm³/mol. The Kier molecular flexibility index (Phi) is 3810. The van der Waals surface area contributed by atoms with E-state index in [2.05, 4.69) is 0 Å². The Balaban J connectivity index is -0.00000000321. The van der Waals surface area contributed by atoms with E-state index < -0.39 is 0 Å². The molecule has 0 amide bonds. The average Bonchev–Trinajstić information content (AvgIpc) is 2.33. The van der Waals surface area contributed by atoms with Gasteiger partial charge in [0, 0.05) is 0 Å². The minimum absolute atomic E-state index is 0. The van der Waals surface area contributed by atoms with E-state index in [0.29, 0.717) is 0 Å². The van der Waals surface area contributed by atoms with E-state index in [-0.39, 0.29) is 174 Å². The van der Waals surface area contributed by atoms with E-state index >= 15 is 0 Å². The molecule has 0 aromatic rings. The Morgan fingerprint density at radius 3 is 0.312 bits per heavy atom. The summed E-state index contributed by atoms with van der Waals surface area (Å²) in [5, 5.41) is 37.5. The summed E-state index contributed by atoms with van der Waals surface area (Å²) in [7, 11) is 0. The maximum absolute atomic E-state index is 6.25. The van der Waals surface area contributed by atoms with Gasteiger partial charge in [-0.2, -0.15) is 0 Å². The van der Waals surface area contributed by atoms with E-state index in [1.165, 1.54) is 0 Å². The second-order valence-corrected chi connectivity index (χ2v) is 0. The minimum atomic E-state index is 0. The van der Waals surface area contributed by atoms with Gasteiger partial charge in [-0.05, 0) is 0 Å². The topological polar surface area (TPSA) is 143 Å². The molecule has 0 bridgehead atoms. The third kappa shape index (κ3) is 645. The summed E-state index contributed by atoms with van der Waals surface area (Å²) < 4.78 is 0. The maximum atomic E-state index is 6.25. The van der Waals surface area contributed by atoms with Gasteiger partial charge in [0.25, 0.3) is 0 Å². The maximum Gasteiger partial charge on any atom is 3.00 e. The quantitative estimate of drug-likeness (QED) is 0.304. The average molecular weight is 374 g/mol. The number of nitrogens with zero attached hydrogens (tertiary/aromatic N) is 6. The van der Waals surface area contributed by atoms with Crippen LogP contribution in [0.5, 0.6) is 0 Å². The van der Waals surface area contributed by atoms with Gasteiger partial charge in [-0.15, -0.1) is 0 Å². The third-order valence-electron chi connectivity index (χ3n) is 0. The Hall–Kier alpha value is 2.47. The van der Waals surface area contributed by atoms with E-state index in [9.17, 15) is 0 Å². The summed E-state index contributed by atoms with van der Waals surface area (Å²) in [5.41, 5.74) is 0. The van der Waals surface area contributed by atoms with Gasteiger partial charge in [-0.1, -0.05) is 0 Å². The Morgan fingerprint density at radius 1 is 0.312 bits per heavy atom. The zero-order chi connectivity index (χ0) is 12.0. The summed E-state index contributed by atoms with van der Waals surface area (Å²) in [4.78, 5) is 0. The first-order chi connectivity index (χ1) is 6.00. The molecule has 0 heterocycles. The van der Waals surface area contributed by atoms with Crippen LogP contribution in [0.1, 0.15) is 0 Å². The first kappa shape index (κ1) is 78.6. The Labute approximate surface area is 238 Å². The molecule has 0 saturated carbocycles. The van der Waals surface area contributed by atoms with E-state index in [4.69, 9.17) is 71.0 Å². The second kappa shape index (κ2) is 776. The number of rotatable bonds is 0. The molecule has 0 aliphatic carbocycles. The molecule has 0 unspecified atom stereocenters. The van der Waals surface area contributed by atoms with Crippen LogP contribution in [-0.4, -0.2) is 0 Å². The summed E-state index contributed by atoms with van der Waals surface area (Å²) in [6, 6.07) is 0.